The quantitative estimate of drug-likeness (QED) is 0.620. The Bertz CT molecular complexity index is 1030. The molecule has 4 rings (SSSR count). The third-order valence-corrected chi connectivity index (χ3v) is 5.18. The summed E-state index contributed by atoms with van der Waals surface area (Å²) in [5.74, 6) is -0.345. The molecule has 1 unspecified atom stereocenters. The van der Waals surface area contributed by atoms with Gasteiger partial charge in [-0.05, 0) is 32.9 Å². The maximum absolute atomic E-state index is 12.6. The van der Waals surface area contributed by atoms with Gasteiger partial charge in [-0.15, -0.1) is 0 Å². The van der Waals surface area contributed by atoms with Gasteiger partial charge >= 0.3 is 5.97 Å². The molecule has 1 aliphatic rings. The number of hydrogen-bond acceptors (Lipinski definition) is 6. The first-order valence-electron chi connectivity index (χ1n) is 9.99. The van der Waals surface area contributed by atoms with Crippen molar-refractivity contribution >= 4 is 22.6 Å². The minimum absolute atomic E-state index is 0.0243. The maximum Gasteiger partial charge on any atom is 0.341 e. The van der Waals surface area contributed by atoms with Crippen molar-refractivity contribution < 1.29 is 14.3 Å². The van der Waals surface area contributed by atoms with Gasteiger partial charge in [0.25, 0.3) is 0 Å². The second kappa shape index (κ2) is 8.21. The number of aromatic nitrogens is 3. The second-order valence-electron chi connectivity index (χ2n) is 7.31. The van der Waals surface area contributed by atoms with Gasteiger partial charge in [0.2, 0.25) is 0 Å². The van der Waals surface area contributed by atoms with E-state index in [2.05, 4.69) is 28.0 Å². The van der Waals surface area contributed by atoms with Crippen LogP contribution in [0.5, 0.6) is 0 Å². The molecule has 0 amide bonds. The lowest BCUT2D eigenvalue weighted by Gasteiger charge is -2.36. The number of rotatable bonds is 5. The number of para-hydroxylation sites is 1. The van der Waals surface area contributed by atoms with Crippen molar-refractivity contribution in [2.45, 2.75) is 33.4 Å². The molecule has 1 aromatic carbocycles. The summed E-state index contributed by atoms with van der Waals surface area (Å²) < 4.78 is 13.3. The normalized spacial score (nSPS) is 16.9. The van der Waals surface area contributed by atoms with Gasteiger partial charge in [0, 0.05) is 30.4 Å². The van der Waals surface area contributed by atoms with E-state index in [4.69, 9.17) is 9.47 Å². The van der Waals surface area contributed by atoms with E-state index < -0.39 is 0 Å². The fourth-order valence-electron chi connectivity index (χ4n) is 3.91. The first kappa shape index (κ1) is 19.4. The fraction of sp³-hybridized carbons (Fsp3) is 0.409. The minimum Gasteiger partial charge on any atom is -0.462 e. The summed E-state index contributed by atoms with van der Waals surface area (Å²) in [6.07, 6.45) is 1.60. The van der Waals surface area contributed by atoms with Crippen LogP contribution in [0.25, 0.3) is 10.9 Å². The van der Waals surface area contributed by atoms with Crippen LogP contribution in [0, 0.1) is 13.8 Å². The number of carbonyl (C=O) groups excluding carboxylic acids is 1. The first-order chi connectivity index (χ1) is 14.1. The summed E-state index contributed by atoms with van der Waals surface area (Å²) in [5.41, 5.74) is 4.34. The van der Waals surface area contributed by atoms with Gasteiger partial charge in [0.05, 0.1) is 42.8 Å². The molecule has 3 aromatic rings. The molecular formula is C22H26N4O3. The topological polar surface area (TPSA) is 69.5 Å². The number of fused-ring (bicyclic) bond motifs is 1. The van der Waals surface area contributed by atoms with E-state index in [1.807, 2.05) is 42.8 Å². The predicted octanol–water partition coefficient (Wildman–Crippen LogP) is 3.13. The Balaban J connectivity index is 1.68. The summed E-state index contributed by atoms with van der Waals surface area (Å²) in [6.45, 7) is 8.81. The largest absolute Gasteiger partial charge is 0.462 e. The van der Waals surface area contributed by atoms with Gasteiger partial charge in [-0.25, -0.2) is 4.79 Å². The molecule has 1 aliphatic heterocycles. The van der Waals surface area contributed by atoms with Crippen molar-refractivity contribution in [1.29, 1.82) is 0 Å². The Kier molecular flexibility index (Phi) is 5.49. The van der Waals surface area contributed by atoms with Crippen molar-refractivity contribution in [1.82, 2.24) is 14.8 Å². The number of benzene rings is 1. The molecule has 7 heteroatoms. The molecular weight excluding hydrogens is 368 g/mol. The third kappa shape index (κ3) is 3.96. The Labute approximate surface area is 170 Å². The number of hydrogen-bond donors (Lipinski definition) is 0. The summed E-state index contributed by atoms with van der Waals surface area (Å²) in [6, 6.07) is 9.95. The molecule has 0 bridgehead atoms. The van der Waals surface area contributed by atoms with Crippen molar-refractivity contribution in [2.24, 2.45) is 0 Å². The number of nitrogens with zero attached hydrogens (tertiary/aromatic N) is 4. The van der Waals surface area contributed by atoms with Gasteiger partial charge in [-0.3, -0.25) is 9.67 Å². The van der Waals surface area contributed by atoms with Gasteiger partial charge < -0.3 is 14.4 Å². The first-order valence-corrected chi connectivity index (χ1v) is 9.99. The van der Waals surface area contributed by atoms with Crippen LogP contribution in [0.3, 0.4) is 0 Å². The number of pyridine rings is 1. The van der Waals surface area contributed by atoms with Crippen LogP contribution in [0.4, 0.5) is 5.69 Å². The molecule has 0 radical (unpaired) electrons. The molecule has 0 saturated carbocycles. The predicted molar refractivity (Wildman–Crippen MR) is 111 cm³/mol. The van der Waals surface area contributed by atoms with E-state index in [1.54, 1.807) is 6.20 Å². The standard InChI is InChI=1S/C22H26N4O3/c1-4-28-22(27)19-12-23-20-8-6-5-7-18(20)21(19)25-9-10-29-17(13-25)14-26-16(3)11-15(2)24-26/h5-8,11-12,17H,4,9-10,13-14H2,1-3H3. The molecule has 1 fully saturated rings. The van der Waals surface area contributed by atoms with Crippen LogP contribution >= 0.6 is 0 Å². The van der Waals surface area contributed by atoms with Crippen molar-refractivity contribution in [2.75, 3.05) is 31.2 Å². The Morgan fingerprint density at radius 3 is 2.90 bits per heavy atom. The second-order valence-corrected chi connectivity index (χ2v) is 7.31. The summed E-state index contributed by atoms with van der Waals surface area (Å²) in [4.78, 5) is 19.3. The third-order valence-electron chi connectivity index (χ3n) is 5.18. The number of carbonyl (C=O) groups is 1. The number of anilines is 1. The zero-order chi connectivity index (χ0) is 20.4. The highest BCUT2D eigenvalue weighted by atomic mass is 16.5. The fourth-order valence-corrected chi connectivity index (χ4v) is 3.91. The maximum atomic E-state index is 12.6. The van der Waals surface area contributed by atoms with E-state index in [1.165, 1.54) is 0 Å². The summed E-state index contributed by atoms with van der Waals surface area (Å²) >= 11 is 0. The SMILES string of the molecule is CCOC(=O)c1cnc2ccccc2c1N1CCOC(Cn2nc(C)cc2C)C1. The summed E-state index contributed by atoms with van der Waals surface area (Å²) in [7, 11) is 0. The van der Waals surface area contributed by atoms with Gasteiger partial charge in [0.15, 0.2) is 0 Å². The van der Waals surface area contributed by atoms with Crippen LogP contribution in [0.1, 0.15) is 28.7 Å². The monoisotopic (exact) mass is 394 g/mol. The number of aryl methyl sites for hydroxylation is 2. The highest BCUT2D eigenvalue weighted by molar-refractivity contribution is 6.05. The van der Waals surface area contributed by atoms with Crippen LogP contribution in [0.15, 0.2) is 36.5 Å². The molecule has 7 nitrogen and oxygen atoms in total. The zero-order valence-corrected chi connectivity index (χ0v) is 17.1. The highest BCUT2D eigenvalue weighted by Crippen LogP contribution is 2.31. The number of morpholine rings is 1. The van der Waals surface area contributed by atoms with Crippen molar-refractivity contribution in [3.05, 3.63) is 53.5 Å². The smallest absolute Gasteiger partial charge is 0.341 e. The van der Waals surface area contributed by atoms with E-state index in [9.17, 15) is 4.79 Å². The van der Waals surface area contributed by atoms with E-state index in [0.717, 1.165) is 28.0 Å². The number of ether oxygens (including phenoxy) is 2. The van der Waals surface area contributed by atoms with E-state index in [-0.39, 0.29) is 12.1 Å². The van der Waals surface area contributed by atoms with Crippen LogP contribution < -0.4 is 4.90 Å². The zero-order valence-electron chi connectivity index (χ0n) is 17.1. The van der Waals surface area contributed by atoms with Gasteiger partial charge in [0.1, 0.15) is 5.56 Å². The molecule has 1 atom stereocenters. The Morgan fingerprint density at radius 2 is 2.14 bits per heavy atom. The lowest BCUT2D eigenvalue weighted by atomic mass is 10.1. The highest BCUT2D eigenvalue weighted by Gasteiger charge is 2.27. The van der Waals surface area contributed by atoms with Gasteiger partial charge in [-0.1, -0.05) is 18.2 Å². The lowest BCUT2D eigenvalue weighted by Crippen LogP contribution is -2.45. The van der Waals surface area contributed by atoms with E-state index >= 15 is 0 Å². The number of esters is 1. The Hall–Kier alpha value is -2.93. The van der Waals surface area contributed by atoms with Crippen molar-refractivity contribution in [3.63, 3.8) is 0 Å². The average molecular weight is 394 g/mol. The van der Waals surface area contributed by atoms with Crippen LogP contribution in [0.2, 0.25) is 0 Å². The lowest BCUT2D eigenvalue weighted by molar-refractivity contribution is 0.0268. The molecule has 1 saturated heterocycles. The van der Waals surface area contributed by atoms with E-state index in [0.29, 0.717) is 38.4 Å². The van der Waals surface area contributed by atoms with Crippen LogP contribution in [-0.4, -0.2) is 53.1 Å². The molecule has 3 heterocycles. The average Bonchev–Trinajstić information content (AvgIpc) is 3.04. The molecule has 2 aromatic heterocycles. The van der Waals surface area contributed by atoms with Crippen LogP contribution in [-0.2, 0) is 16.0 Å². The molecule has 0 N–H and O–H groups in total. The minimum atomic E-state index is -0.345. The molecule has 0 aliphatic carbocycles. The summed E-state index contributed by atoms with van der Waals surface area (Å²) in [5, 5.41) is 5.51. The molecule has 0 spiro atoms. The molecule has 152 valence electrons. The Morgan fingerprint density at radius 1 is 1.31 bits per heavy atom. The van der Waals surface area contributed by atoms with Gasteiger partial charge in [-0.2, -0.15) is 5.10 Å². The molecule has 29 heavy (non-hydrogen) atoms. The van der Waals surface area contributed by atoms with Crippen molar-refractivity contribution in [3.8, 4) is 0 Å².